The van der Waals surface area contributed by atoms with Crippen LogP contribution in [-0.2, 0) is 29.4 Å². The number of hydrogen-bond acceptors (Lipinski definition) is 3. The van der Waals surface area contributed by atoms with Gasteiger partial charge in [0.1, 0.15) is 0 Å². The third-order valence-electron chi connectivity index (χ3n) is 8.11. The summed E-state index contributed by atoms with van der Waals surface area (Å²) in [7, 11) is 2.11. The maximum atomic E-state index is 13.3. The van der Waals surface area contributed by atoms with Crippen LogP contribution in [0.25, 0.3) is 10.9 Å². The van der Waals surface area contributed by atoms with E-state index in [1.165, 1.54) is 17.7 Å². The van der Waals surface area contributed by atoms with Crippen LogP contribution in [0, 0.1) is 17.8 Å². The second-order valence-electron chi connectivity index (χ2n) is 10.0. The van der Waals surface area contributed by atoms with E-state index in [1.807, 2.05) is 18.2 Å². The van der Waals surface area contributed by atoms with Gasteiger partial charge in [0.15, 0.2) is 0 Å². The first kappa shape index (κ1) is 23.3. The molecule has 0 saturated carbocycles. The Hall–Kier alpha value is -2.48. The number of ether oxygens (including phenoxy) is 1. The Kier molecular flexibility index (Phi) is 6.60. The zero-order valence-electron chi connectivity index (χ0n) is 19.7. The van der Waals surface area contributed by atoms with E-state index in [1.54, 1.807) is 4.90 Å². The predicted octanol–water partition coefficient (Wildman–Crippen LogP) is 3.55. The fourth-order valence-corrected chi connectivity index (χ4v) is 6.19. The number of carbonyl (C=O) groups is 2. The number of aromatic nitrogens is 1. The summed E-state index contributed by atoms with van der Waals surface area (Å²) >= 11 is 0. The summed E-state index contributed by atoms with van der Waals surface area (Å²) < 4.78 is 32.6. The Labute approximate surface area is 198 Å². The molecule has 0 radical (unpaired) electrons. The third-order valence-corrected chi connectivity index (χ3v) is 8.11. The molecule has 0 unspecified atom stereocenters. The molecule has 0 spiro atoms. The van der Waals surface area contributed by atoms with Crippen molar-refractivity contribution in [1.82, 2.24) is 14.8 Å². The second kappa shape index (κ2) is 9.64. The van der Waals surface area contributed by atoms with E-state index in [-0.39, 0.29) is 12.5 Å². The van der Waals surface area contributed by atoms with Crippen molar-refractivity contribution in [3.63, 3.8) is 0 Å². The zero-order valence-corrected chi connectivity index (χ0v) is 19.7. The van der Waals surface area contributed by atoms with Crippen molar-refractivity contribution in [2.24, 2.45) is 24.8 Å². The van der Waals surface area contributed by atoms with Gasteiger partial charge >= 0.3 is 0 Å². The van der Waals surface area contributed by atoms with Gasteiger partial charge in [0.25, 0.3) is 12.3 Å². The van der Waals surface area contributed by atoms with Crippen molar-refractivity contribution in [1.29, 1.82) is 0 Å². The molecule has 2 atom stereocenters. The van der Waals surface area contributed by atoms with E-state index in [4.69, 9.17) is 4.74 Å². The molecule has 1 aliphatic carbocycles. The van der Waals surface area contributed by atoms with Crippen LogP contribution >= 0.6 is 0 Å². The summed E-state index contributed by atoms with van der Waals surface area (Å²) in [6.45, 7) is 1.80. The highest BCUT2D eigenvalue weighted by Crippen LogP contribution is 2.39. The van der Waals surface area contributed by atoms with Crippen LogP contribution in [0.1, 0.15) is 47.3 Å². The molecule has 2 saturated heterocycles. The molecule has 1 aromatic heterocycles. The van der Waals surface area contributed by atoms with Crippen LogP contribution < -0.4 is 5.32 Å². The number of halogens is 2. The molecular formula is C26H33F2N3O3. The van der Waals surface area contributed by atoms with Crippen LogP contribution in [0.5, 0.6) is 0 Å². The highest BCUT2D eigenvalue weighted by atomic mass is 19.3. The van der Waals surface area contributed by atoms with Gasteiger partial charge in [-0.2, -0.15) is 0 Å². The number of fused-ring (bicyclic) bond motifs is 3. The minimum Gasteiger partial charge on any atom is -0.381 e. The molecule has 184 valence electrons. The summed E-state index contributed by atoms with van der Waals surface area (Å²) in [4.78, 5) is 27.1. The van der Waals surface area contributed by atoms with Gasteiger partial charge in [-0.15, -0.1) is 0 Å². The number of carbonyl (C=O) groups excluding carboxylic acids is 2. The van der Waals surface area contributed by atoms with E-state index < -0.39 is 24.8 Å². The average Bonchev–Trinajstić information content (AvgIpc) is 3.46. The SMILES string of the molecule is Cn1c2c(c3cc(C(=O)N4CC[C@H](C(=O)NCC(F)F)C4)ccc31)C[C@H](C1CCOCC1)CC2. The largest absolute Gasteiger partial charge is 0.381 e. The molecule has 1 N–H and O–H groups in total. The summed E-state index contributed by atoms with van der Waals surface area (Å²) in [5.74, 6) is 0.436. The number of rotatable bonds is 5. The first-order valence-electron chi connectivity index (χ1n) is 12.5. The highest BCUT2D eigenvalue weighted by molar-refractivity contribution is 6.00. The molecule has 8 heteroatoms. The first-order chi connectivity index (χ1) is 16.4. The molecule has 6 nitrogen and oxygen atoms in total. The third kappa shape index (κ3) is 4.44. The maximum absolute atomic E-state index is 13.3. The first-order valence-corrected chi connectivity index (χ1v) is 12.5. The summed E-state index contributed by atoms with van der Waals surface area (Å²) in [5.41, 5.74) is 4.53. The minimum atomic E-state index is -2.57. The van der Waals surface area contributed by atoms with Crippen molar-refractivity contribution in [2.45, 2.75) is 45.0 Å². The summed E-state index contributed by atoms with van der Waals surface area (Å²) in [5, 5.41) is 3.44. The van der Waals surface area contributed by atoms with Crippen LogP contribution in [0.15, 0.2) is 18.2 Å². The van der Waals surface area contributed by atoms with Crippen molar-refractivity contribution >= 4 is 22.7 Å². The average molecular weight is 474 g/mol. The van der Waals surface area contributed by atoms with Gasteiger partial charge in [-0.3, -0.25) is 9.59 Å². The lowest BCUT2D eigenvalue weighted by Crippen LogP contribution is -2.36. The lowest BCUT2D eigenvalue weighted by molar-refractivity contribution is -0.125. The van der Waals surface area contributed by atoms with E-state index >= 15 is 0 Å². The van der Waals surface area contributed by atoms with E-state index in [2.05, 4.69) is 16.9 Å². The number of aryl methyl sites for hydroxylation is 1. The predicted molar refractivity (Wildman–Crippen MR) is 125 cm³/mol. The van der Waals surface area contributed by atoms with Crippen LogP contribution in [0.2, 0.25) is 0 Å². The van der Waals surface area contributed by atoms with Gasteiger partial charge in [-0.05, 0) is 74.1 Å². The quantitative estimate of drug-likeness (QED) is 0.723. The molecule has 34 heavy (non-hydrogen) atoms. The number of nitrogens with one attached hydrogen (secondary N) is 1. The topological polar surface area (TPSA) is 63.6 Å². The highest BCUT2D eigenvalue weighted by Gasteiger charge is 2.33. The van der Waals surface area contributed by atoms with Gasteiger partial charge < -0.3 is 19.5 Å². The molecule has 0 bridgehead atoms. The number of hydrogen-bond donors (Lipinski definition) is 1. The standard InChI is InChI=1S/C26H33F2N3O3/c1-30-22-4-2-17(16-7-10-34-11-8-16)12-20(22)21-13-18(3-5-23(21)30)26(33)31-9-6-19(15-31)25(32)29-14-24(27)28/h3,5,13,16-17,19,24H,2,4,6-12,14-15H2,1H3,(H,29,32)/t17-,19+/m1/s1. The van der Waals surface area contributed by atoms with Crippen molar-refractivity contribution < 1.29 is 23.1 Å². The van der Waals surface area contributed by atoms with Crippen LogP contribution in [0.4, 0.5) is 8.78 Å². The van der Waals surface area contributed by atoms with Crippen molar-refractivity contribution in [3.8, 4) is 0 Å². The zero-order chi connectivity index (χ0) is 23.8. The molecule has 2 fully saturated rings. The van der Waals surface area contributed by atoms with E-state index in [0.717, 1.165) is 49.8 Å². The molecule has 2 aromatic rings. The smallest absolute Gasteiger partial charge is 0.255 e. The Morgan fingerprint density at radius 1 is 1.15 bits per heavy atom. The number of nitrogens with zero attached hydrogens (tertiary/aromatic N) is 2. The van der Waals surface area contributed by atoms with Gasteiger partial charge in [0, 0.05) is 55.5 Å². The lowest BCUT2D eigenvalue weighted by Gasteiger charge is -2.33. The van der Waals surface area contributed by atoms with Crippen molar-refractivity contribution in [2.75, 3.05) is 32.8 Å². The molecule has 5 rings (SSSR count). The number of amides is 2. The van der Waals surface area contributed by atoms with Crippen LogP contribution in [0.3, 0.4) is 0 Å². The monoisotopic (exact) mass is 473 g/mol. The summed E-state index contributed by atoms with van der Waals surface area (Å²) in [6, 6.07) is 5.93. The van der Waals surface area contributed by atoms with Crippen molar-refractivity contribution in [3.05, 3.63) is 35.0 Å². The van der Waals surface area contributed by atoms with Gasteiger partial charge in [-0.1, -0.05) is 0 Å². The number of likely N-dealkylation sites (tertiary alicyclic amines) is 1. The number of alkyl halides is 2. The van der Waals surface area contributed by atoms with E-state index in [0.29, 0.717) is 30.4 Å². The summed E-state index contributed by atoms with van der Waals surface area (Å²) in [6.07, 6.45) is 3.51. The fourth-order valence-electron chi connectivity index (χ4n) is 6.19. The normalized spacial score (nSPS) is 23.5. The Morgan fingerprint density at radius 2 is 1.94 bits per heavy atom. The Bertz CT molecular complexity index is 1080. The molecule has 2 amide bonds. The Balaban J connectivity index is 1.33. The molecule has 3 aliphatic rings. The fraction of sp³-hybridized carbons (Fsp3) is 0.615. The van der Waals surface area contributed by atoms with Gasteiger partial charge in [0.2, 0.25) is 5.91 Å². The van der Waals surface area contributed by atoms with Gasteiger partial charge in [-0.25, -0.2) is 8.78 Å². The second-order valence-corrected chi connectivity index (χ2v) is 10.0. The van der Waals surface area contributed by atoms with E-state index in [9.17, 15) is 18.4 Å². The lowest BCUT2D eigenvalue weighted by atomic mass is 9.75. The molecule has 1 aromatic carbocycles. The maximum Gasteiger partial charge on any atom is 0.255 e. The molecular weight excluding hydrogens is 440 g/mol. The minimum absolute atomic E-state index is 0.0968. The molecule has 2 aliphatic heterocycles. The van der Waals surface area contributed by atoms with Crippen LogP contribution in [-0.4, -0.2) is 60.6 Å². The number of benzene rings is 1. The Morgan fingerprint density at radius 3 is 2.71 bits per heavy atom. The van der Waals surface area contributed by atoms with Gasteiger partial charge in [0.05, 0.1) is 12.5 Å². The molecule has 3 heterocycles.